The number of piperidine rings is 1. The van der Waals surface area contributed by atoms with E-state index >= 15 is 0 Å². The van der Waals surface area contributed by atoms with E-state index in [1.165, 1.54) is 12.1 Å². The van der Waals surface area contributed by atoms with E-state index in [1.54, 1.807) is 30.3 Å². The fourth-order valence-corrected chi connectivity index (χ4v) is 5.22. The molecule has 184 valence electrons. The molecule has 2 aromatic carbocycles. The topological polar surface area (TPSA) is 65.7 Å². The second kappa shape index (κ2) is 10.5. The van der Waals surface area contributed by atoms with Gasteiger partial charge in [-0.3, -0.25) is 9.69 Å². The molecule has 1 aromatic heterocycles. The van der Waals surface area contributed by atoms with Gasteiger partial charge >= 0.3 is 0 Å². The van der Waals surface area contributed by atoms with E-state index in [2.05, 4.69) is 19.9 Å². The second-order valence-corrected chi connectivity index (χ2v) is 9.82. The first-order chi connectivity index (χ1) is 17.0. The summed E-state index contributed by atoms with van der Waals surface area (Å²) in [6.07, 6.45) is 1.61. The summed E-state index contributed by atoms with van der Waals surface area (Å²) in [5.74, 6) is 0.995. The Balaban J connectivity index is 1.10. The van der Waals surface area contributed by atoms with E-state index < -0.39 is 0 Å². The van der Waals surface area contributed by atoms with E-state index in [-0.39, 0.29) is 17.6 Å². The molecule has 2 aliphatic heterocycles. The summed E-state index contributed by atoms with van der Waals surface area (Å²) in [7, 11) is 0. The maximum atomic E-state index is 13.2. The van der Waals surface area contributed by atoms with Crippen molar-refractivity contribution in [2.75, 3.05) is 44.2 Å². The summed E-state index contributed by atoms with van der Waals surface area (Å²) in [6.45, 7) is 5.02. The third-order valence-electron chi connectivity index (χ3n) is 6.72. The van der Waals surface area contributed by atoms with Crippen molar-refractivity contribution in [3.63, 3.8) is 0 Å². The van der Waals surface area contributed by atoms with Gasteiger partial charge < -0.3 is 14.3 Å². The van der Waals surface area contributed by atoms with Crippen LogP contribution in [0.25, 0.3) is 11.4 Å². The number of benzene rings is 2. The molecule has 1 amide bonds. The lowest BCUT2D eigenvalue weighted by atomic mass is 9.95. The number of rotatable bonds is 5. The standard InChI is InChI=1S/C25H26Cl2FN5O2/c26-18-1-6-21(22(27)15-18)24-29-23(35-30-24)16-31-9-7-17(8-10-31)25(34)33-13-11-32(12-14-33)20-4-2-19(28)3-5-20/h1-6,15,17H,7-14,16H2. The van der Waals surface area contributed by atoms with Crippen LogP contribution < -0.4 is 4.90 Å². The molecule has 0 N–H and O–H groups in total. The van der Waals surface area contributed by atoms with Gasteiger partial charge in [0.1, 0.15) is 5.82 Å². The molecule has 35 heavy (non-hydrogen) atoms. The largest absolute Gasteiger partial charge is 0.368 e. The normalized spacial score (nSPS) is 17.7. The highest BCUT2D eigenvalue weighted by molar-refractivity contribution is 6.36. The van der Waals surface area contributed by atoms with E-state index in [4.69, 9.17) is 27.7 Å². The van der Waals surface area contributed by atoms with Gasteiger partial charge in [-0.1, -0.05) is 28.4 Å². The Hall–Kier alpha value is -2.68. The summed E-state index contributed by atoms with van der Waals surface area (Å²) in [6, 6.07) is 11.7. The van der Waals surface area contributed by atoms with E-state index in [0.717, 1.165) is 44.7 Å². The summed E-state index contributed by atoms with van der Waals surface area (Å²) < 4.78 is 18.6. The summed E-state index contributed by atoms with van der Waals surface area (Å²) >= 11 is 12.2. The Kier molecular flexibility index (Phi) is 7.22. The van der Waals surface area contributed by atoms with Gasteiger partial charge in [-0.15, -0.1) is 0 Å². The Bertz CT molecular complexity index is 1170. The number of aromatic nitrogens is 2. The van der Waals surface area contributed by atoms with Crippen molar-refractivity contribution in [2.24, 2.45) is 5.92 Å². The van der Waals surface area contributed by atoms with E-state index in [1.807, 2.05) is 4.90 Å². The van der Waals surface area contributed by atoms with Crippen molar-refractivity contribution >= 4 is 34.8 Å². The molecule has 10 heteroatoms. The quantitative estimate of drug-likeness (QED) is 0.486. The first-order valence-corrected chi connectivity index (χ1v) is 12.5. The zero-order valence-electron chi connectivity index (χ0n) is 19.2. The predicted octanol–water partition coefficient (Wildman–Crippen LogP) is 4.74. The van der Waals surface area contributed by atoms with Crippen molar-refractivity contribution in [3.05, 3.63) is 64.2 Å². The van der Waals surface area contributed by atoms with Crippen molar-refractivity contribution in [1.82, 2.24) is 19.9 Å². The molecule has 7 nitrogen and oxygen atoms in total. The number of amides is 1. The lowest BCUT2D eigenvalue weighted by Crippen LogP contribution is -2.51. The first kappa shape index (κ1) is 24.0. The van der Waals surface area contributed by atoms with Crippen molar-refractivity contribution in [2.45, 2.75) is 19.4 Å². The Morgan fingerprint density at radius 3 is 2.40 bits per heavy atom. The molecular weight excluding hydrogens is 492 g/mol. The zero-order valence-corrected chi connectivity index (χ0v) is 20.7. The lowest BCUT2D eigenvalue weighted by molar-refractivity contribution is -0.137. The highest BCUT2D eigenvalue weighted by Crippen LogP contribution is 2.29. The molecule has 0 atom stereocenters. The summed E-state index contributed by atoms with van der Waals surface area (Å²) in [5.41, 5.74) is 1.67. The minimum Gasteiger partial charge on any atom is -0.368 e. The van der Waals surface area contributed by atoms with Gasteiger partial charge in [0.05, 0.1) is 11.6 Å². The minimum atomic E-state index is -0.237. The highest BCUT2D eigenvalue weighted by atomic mass is 35.5. The molecule has 3 aromatic rings. The number of likely N-dealkylation sites (tertiary alicyclic amines) is 1. The fraction of sp³-hybridized carbons (Fsp3) is 0.400. The molecule has 0 aliphatic carbocycles. The minimum absolute atomic E-state index is 0.0368. The Morgan fingerprint density at radius 1 is 1.00 bits per heavy atom. The molecule has 0 spiro atoms. The third kappa shape index (κ3) is 5.60. The van der Waals surface area contributed by atoms with Crippen LogP contribution in [0, 0.1) is 11.7 Å². The molecule has 5 rings (SSSR count). The third-order valence-corrected chi connectivity index (χ3v) is 7.27. The van der Waals surface area contributed by atoms with Crippen LogP contribution in [0.2, 0.25) is 10.0 Å². The molecule has 0 bridgehead atoms. The van der Waals surface area contributed by atoms with E-state index in [0.29, 0.717) is 47.0 Å². The predicted molar refractivity (Wildman–Crippen MR) is 133 cm³/mol. The Labute approximate surface area is 213 Å². The van der Waals surface area contributed by atoms with Crippen molar-refractivity contribution in [1.29, 1.82) is 0 Å². The number of anilines is 1. The molecule has 2 aliphatic rings. The number of nitrogens with zero attached hydrogens (tertiary/aromatic N) is 5. The van der Waals surface area contributed by atoms with Gasteiger partial charge in [-0.25, -0.2) is 4.39 Å². The van der Waals surface area contributed by atoms with Crippen LogP contribution in [0.15, 0.2) is 47.0 Å². The average molecular weight is 518 g/mol. The molecule has 0 saturated carbocycles. The van der Waals surface area contributed by atoms with Gasteiger partial charge in [-0.2, -0.15) is 4.98 Å². The van der Waals surface area contributed by atoms with Gasteiger partial charge in [-0.05, 0) is 68.4 Å². The molecule has 2 saturated heterocycles. The van der Waals surface area contributed by atoms with Crippen LogP contribution in [0.5, 0.6) is 0 Å². The molecule has 2 fully saturated rings. The van der Waals surface area contributed by atoms with Gasteiger partial charge in [0.2, 0.25) is 17.6 Å². The average Bonchev–Trinajstić information content (AvgIpc) is 3.33. The number of piperazine rings is 1. The van der Waals surface area contributed by atoms with Crippen LogP contribution >= 0.6 is 23.2 Å². The molecule has 3 heterocycles. The summed E-state index contributed by atoms with van der Waals surface area (Å²) in [4.78, 5) is 24.0. The second-order valence-electron chi connectivity index (χ2n) is 8.98. The Morgan fingerprint density at radius 2 is 1.71 bits per heavy atom. The number of carbonyl (C=O) groups excluding carboxylic acids is 1. The van der Waals surface area contributed by atoms with E-state index in [9.17, 15) is 9.18 Å². The monoisotopic (exact) mass is 517 g/mol. The van der Waals surface area contributed by atoms with Crippen molar-refractivity contribution in [3.8, 4) is 11.4 Å². The maximum Gasteiger partial charge on any atom is 0.241 e. The van der Waals surface area contributed by atoms with Gasteiger partial charge in [0.25, 0.3) is 0 Å². The number of carbonyl (C=O) groups is 1. The van der Waals surface area contributed by atoms with Crippen LogP contribution in [-0.4, -0.2) is 65.1 Å². The van der Waals surface area contributed by atoms with Crippen LogP contribution in [0.3, 0.4) is 0 Å². The number of halogens is 3. The SMILES string of the molecule is O=C(C1CCN(Cc2nc(-c3ccc(Cl)cc3Cl)no2)CC1)N1CCN(c2ccc(F)cc2)CC1. The molecular formula is C25H26Cl2FN5O2. The van der Waals surface area contributed by atoms with Gasteiger partial charge in [0, 0.05) is 48.4 Å². The molecule has 0 radical (unpaired) electrons. The smallest absolute Gasteiger partial charge is 0.241 e. The fourth-order valence-electron chi connectivity index (χ4n) is 4.72. The molecule has 0 unspecified atom stereocenters. The number of hydrogen-bond donors (Lipinski definition) is 0. The van der Waals surface area contributed by atoms with Crippen molar-refractivity contribution < 1.29 is 13.7 Å². The first-order valence-electron chi connectivity index (χ1n) is 11.8. The zero-order chi connectivity index (χ0) is 24.4. The van der Waals surface area contributed by atoms with Crippen LogP contribution in [0.1, 0.15) is 18.7 Å². The van der Waals surface area contributed by atoms with Crippen LogP contribution in [-0.2, 0) is 11.3 Å². The highest BCUT2D eigenvalue weighted by Gasteiger charge is 2.31. The van der Waals surface area contributed by atoms with Crippen LogP contribution in [0.4, 0.5) is 10.1 Å². The maximum absolute atomic E-state index is 13.2. The number of hydrogen-bond acceptors (Lipinski definition) is 6. The lowest BCUT2D eigenvalue weighted by Gasteiger charge is -2.39. The summed E-state index contributed by atoms with van der Waals surface area (Å²) in [5, 5.41) is 5.08. The van der Waals surface area contributed by atoms with Gasteiger partial charge in [0.15, 0.2) is 0 Å².